The van der Waals surface area contributed by atoms with Crippen molar-refractivity contribution in [2.45, 2.75) is 13.1 Å². The van der Waals surface area contributed by atoms with Gasteiger partial charge < -0.3 is 10.2 Å². The fourth-order valence-electron chi connectivity index (χ4n) is 2.49. The van der Waals surface area contributed by atoms with Crippen molar-refractivity contribution in [3.05, 3.63) is 58.6 Å². The van der Waals surface area contributed by atoms with E-state index in [0.717, 1.165) is 24.2 Å². The lowest BCUT2D eigenvalue weighted by atomic mass is 10.1. The van der Waals surface area contributed by atoms with Gasteiger partial charge in [-0.2, -0.15) is 0 Å². The van der Waals surface area contributed by atoms with Crippen molar-refractivity contribution in [2.24, 2.45) is 0 Å². The monoisotopic (exact) mass is 357 g/mol. The number of carbonyl (C=O) groups is 1. The van der Waals surface area contributed by atoms with E-state index in [0.29, 0.717) is 22.6 Å². The van der Waals surface area contributed by atoms with Gasteiger partial charge in [0.15, 0.2) is 0 Å². The minimum Gasteiger partial charge on any atom is -0.348 e. The molecule has 130 valence electrons. The molecular weight excluding hydrogens is 338 g/mol. The van der Waals surface area contributed by atoms with Gasteiger partial charge in [0.05, 0.1) is 12.1 Å². The number of nitrogens with zero attached hydrogens (tertiary/aromatic N) is 4. The Labute approximate surface area is 151 Å². The maximum absolute atomic E-state index is 12.4. The molecule has 3 rings (SSSR count). The Morgan fingerprint density at radius 1 is 1.24 bits per heavy atom. The topological polar surface area (TPSA) is 63.1 Å². The molecule has 0 saturated carbocycles. The van der Waals surface area contributed by atoms with E-state index < -0.39 is 0 Å². The summed E-state index contributed by atoms with van der Waals surface area (Å²) in [5.74, 6) is -0.162. The van der Waals surface area contributed by atoms with Crippen LogP contribution in [0.5, 0.6) is 0 Å². The first kappa shape index (κ1) is 17.4. The quantitative estimate of drug-likeness (QED) is 0.736. The number of fused-ring (bicyclic) bond motifs is 1. The van der Waals surface area contributed by atoms with Crippen LogP contribution >= 0.6 is 11.6 Å². The highest BCUT2D eigenvalue weighted by atomic mass is 35.5. The molecule has 1 heterocycles. The molecule has 0 radical (unpaired) electrons. The zero-order valence-corrected chi connectivity index (χ0v) is 15.0. The van der Waals surface area contributed by atoms with E-state index in [9.17, 15) is 4.79 Å². The molecule has 0 saturated heterocycles. The van der Waals surface area contributed by atoms with Gasteiger partial charge in [0, 0.05) is 23.7 Å². The van der Waals surface area contributed by atoms with Crippen molar-refractivity contribution < 1.29 is 4.79 Å². The number of halogens is 1. The number of nitrogens with one attached hydrogen (secondary N) is 1. The first-order valence-corrected chi connectivity index (χ1v) is 8.42. The summed E-state index contributed by atoms with van der Waals surface area (Å²) in [6.07, 6.45) is 0. The van der Waals surface area contributed by atoms with Crippen LogP contribution in [0.1, 0.15) is 15.9 Å². The van der Waals surface area contributed by atoms with Gasteiger partial charge in [-0.25, -0.2) is 4.68 Å². The molecule has 0 unspecified atom stereocenters. The van der Waals surface area contributed by atoms with Crippen LogP contribution in [0, 0.1) is 0 Å². The fourth-order valence-corrected chi connectivity index (χ4v) is 2.70. The van der Waals surface area contributed by atoms with E-state index in [1.807, 2.05) is 43.0 Å². The van der Waals surface area contributed by atoms with Crippen molar-refractivity contribution in [2.75, 3.05) is 20.6 Å². The molecule has 2 aromatic carbocycles. The van der Waals surface area contributed by atoms with Gasteiger partial charge in [0.2, 0.25) is 0 Å². The molecule has 0 fully saturated rings. The van der Waals surface area contributed by atoms with Crippen molar-refractivity contribution >= 4 is 28.5 Å². The summed E-state index contributed by atoms with van der Waals surface area (Å²) in [5, 5.41) is 11.9. The number of carbonyl (C=O) groups excluding carboxylic acids is 1. The second-order valence-electron chi connectivity index (χ2n) is 6.09. The lowest BCUT2D eigenvalue weighted by Gasteiger charge is -2.09. The fraction of sp³-hybridized carbons (Fsp3) is 0.278. The number of hydrogen-bond donors (Lipinski definition) is 1. The highest BCUT2D eigenvalue weighted by Crippen LogP contribution is 2.16. The van der Waals surface area contributed by atoms with Gasteiger partial charge >= 0.3 is 0 Å². The molecule has 0 atom stereocenters. The minimum absolute atomic E-state index is 0.162. The standard InChI is InChI=1S/C18H20ClN5O/c1-23(2)9-10-24-17-8-7-13(11-16(17)21-22-24)18(25)20-12-14-5-3-4-6-15(14)19/h3-8,11H,9-10,12H2,1-2H3,(H,20,25). The van der Waals surface area contributed by atoms with Crippen LogP contribution in [0.2, 0.25) is 5.02 Å². The largest absolute Gasteiger partial charge is 0.348 e. The van der Waals surface area contributed by atoms with Crippen LogP contribution in [-0.4, -0.2) is 46.4 Å². The van der Waals surface area contributed by atoms with Gasteiger partial charge in [0.25, 0.3) is 5.91 Å². The van der Waals surface area contributed by atoms with Crippen molar-refractivity contribution in [1.29, 1.82) is 0 Å². The van der Waals surface area contributed by atoms with E-state index in [2.05, 4.69) is 20.5 Å². The molecule has 0 aliphatic heterocycles. The minimum atomic E-state index is -0.162. The molecule has 1 amide bonds. The molecule has 0 spiro atoms. The number of aromatic nitrogens is 3. The second kappa shape index (κ2) is 7.63. The van der Waals surface area contributed by atoms with Crippen LogP contribution in [0.25, 0.3) is 11.0 Å². The predicted molar refractivity (Wildman–Crippen MR) is 98.7 cm³/mol. The van der Waals surface area contributed by atoms with Crippen LogP contribution in [0.3, 0.4) is 0 Å². The Morgan fingerprint density at radius 3 is 2.80 bits per heavy atom. The summed E-state index contributed by atoms with van der Waals surface area (Å²) in [6, 6.07) is 12.9. The summed E-state index contributed by atoms with van der Waals surface area (Å²) in [5.41, 5.74) is 3.07. The Hall–Kier alpha value is -2.44. The van der Waals surface area contributed by atoms with Crippen LogP contribution in [0.15, 0.2) is 42.5 Å². The van der Waals surface area contributed by atoms with Crippen LogP contribution < -0.4 is 5.32 Å². The summed E-state index contributed by atoms with van der Waals surface area (Å²) in [7, 11) is 4.03. The zero-order valence-electron chi connectivity index (χ0n) is 14.2. The molecule has 0 bridgehead atoms. The normalized spacial score (nSPS) is 11.2. The summed E-state index contributed by atoms with van der Waals surface area (Å²) >= 11 is 6.11. The molecule has 6 nitrogen and oxygen atoms in total. The van der Waals surface area contributed by atoms with Crippen LogP contribution in [0.4, 0.5) is 0 Å². The number of rotatable bonds is 6. The average molecular weight is 358 g/mol. The molecule has 0 aliphatic carbocycles. The lowest BCUT2D eigenvalue weighted by molar-refractivity contribution is 0.0951. The van der Waals surface area contributed by atoms with Crippen molar-refractivity contribution in [3.8, 4) is 0 Å². The van der Waals surface area contributed by atoms with Gasteiger partial charge in [-0.1, -0.05) is 35.0 Å². The maximum atomic E-state index is 12.4. The average Bonchev–Trinajstić information content (AvgIpc) is 3.01. The van der Waals surface area contributed by atoms with Crippen molar-refractivity contribution in [1.82, 2.24) is 25.2 Å². The molecule has 3 aromatic rings. The van der Waals surface area contributed by atoms with Crippen LogP contribution in [-0.2, 0) is 13.1 Å². The third kappa shape index (κ3) is 4.15. The number of amides is 1. The second-order valence-corrected chi connectivity index (χ2v) is 6.50. The Balaban J connectivity index is 1.71. The smallest absolute Gasteiger partial charge is 0.251 e. The number of benzene rings is 2. The van der Waals surface area contributed by atoms with Gasteiger partial charge in [0.1, 0.15) is 5.52 Å². The maximum Gasteiger partial charge on any atom is 0.251 e. The molecule has 1 N–H and O–H groups in total. The predicted octanol–water partition coefficient (Wildman–Crippen LogP) is 2.58. The summed E-state index contributed by atoms with van der Waals surface area (Å²) in [6.45, 7) is 2.01. The van der Waals surface area contributed by atoms with E-state index in [1.165, 1.54) is 0 Å². The number of likely N-dealkylation sites (N-methyl/N-ethyl adjacent to an activating group) is 1. The van der Waals surface area contributed by atoms with Gasteiger partial charge in [-0.05, 0) is 43.9 Å². The van der Waals surface area contributed by atoms with Crippen molar-refractivity contribution in [3.63, 3.8) is 0 Å². The highest BCUT2D eigenvalue weighted by Gasteiger charge is 2.11. The number of hydrogen-bond acceptors (Lipinski definition) is 4. The van der Waals surface area contributed by atoms with E-state index in [4.69, 9.17) is 11.6 Å². The Morgan fingerprint density at radius 2 is 2.04 bits per heavy atom. The molecule has 7 heteroatoms. The third-order valence-electron chi connectivity index (χ3n) is 3.93. The first-order valence-electron chi connectivity index (χ1n) is 8.04. The van der Waals surface area contributed by atoms with Gasteiger partial charge in [-0.15, -0.1) is 5.10 Å². The first-order chi connectivity index (χ1) is 12.0. The molecular formula is C18H20ClN5O. The van der Waals surface area contributed by atoms with E-state index in [1.54, 1.807) is 18.2 Å². The molecule has 0 aliphatic rings. The third-order valence-corrected chi connectivity index (χ3v) is 4.30. The molecule has 25 heavy (non-hydrogen) atoms. The Bertz CT molecular complexity index is 890. The zero-order chi connectivity index (χ0) is 17.8. The van der Waals surface area contributed by atoms with E-state index >= 15 is 0 Å². The Kier molecular flexibility index (Phi) is 5.31. The highest BCUT2D eigenvalue weighted by molar-refractivity contribution is 6.31. The SMILES string of the molecule is CN(C)CCn1nnc2cc(C(=O)NCc3ccccc3Cl)ccc21. The van der Waals surface area contributed by atoms with Gasteiger partial charge in [-0.3, -0.25) is 4.79 Å². The summed E-state index contributed by atoms with van der Waals surface area (Å²) < 4.78 is 1.85. The van der Waals surface area contributed by atoms with E-state index in [-0.39, 0.29) is 5.91 Å². The summed E-state index contributed by atoms with van der Waals surface area (Å²) in [4.78, 5) is 14.5. The molecule has 1 aromatic heterocycles. The lowest BCUT2D eigenvalue weighted by Crippen LogP contribution is -2.22.